The van der Waals surface area contributed by atoms with Crippen molar-refractivity contribution in [3.8, 4) is 0 Å². The minimum absolute atomic E-state index is 0.201. The van der Waals surface area contributed by atoms with Gasteiger partial charge >= 0.3 is 0 Å². The smallest absolute Gasteiger partial charge is 0.0633 e. The Morgan fingerprint density at radius 1 is 1.53 bits per heavy atom. The molecule has 0 aliphatic carbocycles. The van der Waals surface area contributed by atoms with Crippen LogP contribution in [0.1, 0.15) is 19.0 Å². The van der Waals surface area contributed by atoms with Gasteiger partial charge in [0.05, 0.1) is 6.61 Å². The fourth-order valence-corrected chi connectivity index (χ4v) is 1.34. The first-order valence-corrected chi connectivity index (χ1v) is 5.30. The second-order valence-electron chi connectivity index (χ2n) is 3.38. The number of pyridine rings is 1. The van der Waals surface area contributed by atoms with Crippen LogP contribution in [0, 0.1) is 0 Å². The van der Waals surface area contributed by atoms with Crippen LogP contribution in [-0.4, -0.2) is 24.2 Å². The lowest BCUT2D eigenvalue weighted by molar-refractivity contribution is 0.120. The predicted octanol–water partition coefficient (Wildman–Crippen LogP) is 0.883. The van der Waals surface area contributed by atoms with E-state index in [-0.39, 0.29) is 6.04 Å². The van der Waals surface area contributed by atoms with E-state index in [4.69, 9.17) is 10.6 Å². The summed E-state index contributed by atoms with van der Waals surface area (Å²) in [4.78, 5) is 4.26. The Labute approximate surface area is 90.8 Å². The van der Waals surface area contributed by atoms with Gasteiger partial charge in [-0.05, 0) is 31.9 Å². The van der Waals surface area contributed by atoms with Crippen LogP contribution in [0.4, 0.5) is 0 Å². The molecule has 0 saturated heterocycles. The fraction of sp³-hybridized carbons (Fsp3) is 0.545. The second-order valence-corrected chi connectivity index (χ2v) is 3.38. The Morgan fingerprint density at radius 2 is 2.40 bits per heavy atom. The van der Waals surface area contributed by atoms with Crippen molar-refractivity contribution in [3.05, 3.63) is 30.1 Å². The van der Waals surface area contributed by atoms with Crippen molar-refractivity contribution in [2.24, 2.45) is 5.84 Å². The van der Waals surface area contributed by atoms with Crippen LogP contribution in [0.5, 0.6) is 0 Å². The summed E-state index contributed by atoms with van der Waals surface area (Å²) >= 11 is 0. The quantitative estimate of drug-likeness (QED) is 0.517. The van der Waals surface area contributed by atoms with E-state index in [1.165, 1.54) is 0 Å². The molecule has 0 aliphatic rings. The highest BCUT2D eigenvalue weighted by atomic mass is 16.5. The van der Waals surface area contributed by atoms with Crippen LogP contribution in [0.2, 0.25) is 0 Å². The number of rotatable bonds is 7. The minimum Gasteiger partial charge on any atom is -0.380 e. The third-order valence-corrected chi connectivity index (χ3v) is 2.23. The first-order valence-electron chi connectivity index (χ1n) is 5.30. The number of aromatic nitrogens is 1. The summed E-state index contributed by atoms with van der Waals surface area (Å²) in [5, 5.41) is 0. The molecule has 0 aliphatic heterocycles. The third-order valence-electron chi connectivity index (χ3n) is 2.23. The molecule has 1 atom stereocenters. The summed E-state index contributed by atoms with van der Waals surface area (Å²) in [5.41, 5.74) is 3.85. The molecule has 15 heavy (non-hydrogen) atoms. The molecular weight excluding hydrogens is 190 g/mol. The van der Waals surface area contributed by atoms with Crippen molar-refractivity contribution in [1.82, 2.24) is 10.4 Å². The zero-order chi connectivity index (χ0) is 10.9. The van der Waals surface area contributed by atoms with Crippen molar-refractivity contribution in [2.75, 3.05) is 13.2 Å². The van der Waals surface area contributed by atoms with E-state index < -0.39 is 0 Å². The molecule has 0 spiro atoms. The minimum atomic E-state index is 0.201. The summed E-state index contributed by atoms with van der Waals surface area (Å²) in [7, 11) is 0. The zero-order valence-corrected chi connectivity index (χ0v) is 9.15. The van der Waals surface area contributed by atoms with E-state index in [0.717, 1.165) is 25.1 Å². The number of hydrazine groups is 1. The van der Waals surface area contributed by atoms with E-state index >= 15 is 0 Å². The van der Waals surface area contributed by atoms with Crippen molar-refractivity contribution in [3.63, 3.8) is 0 Å². The first-order chi connectivity index (χ1) is 7.36. The SMILES string of the molecule is CCOCC(CCc1ccccn1)NN. The molecule has 0 bridgehead atoms. The van der Waals surface area contributed by atoms with Gasteiger partial charge in [-0.15, -0.1) is 0 Å². The van der Waals surface area contributed by atoms with E-state index in [9.17, 15) is 0 Å². The fourth-order valence-electron chi connectivity index (χ4n) is 1.34. The molecule has 0 radical (unpaired) electrons. The highest BCUT2D eigenvalue weighted by Gasteiger charge is 2.06. The second kappa shape index (κ2) is 7.34. The molecule has 0 fully saturated rings. The van der Waals surface area contributed by atoms with Crippen LogP contribution in [0.3, 0.4) is 0 Å². The Kier molecular flexibility index (Phi) is 5.92. The van der Waals surface area contributed by atoms with Gasteiger partial charge in [-0.3, -0.25) is 16.3 Å². The van der Waals surface area contributed by atoms with E-state index in [1.807, 2.05) is 31.3 Å². The van der Waals surface area contributed by atoms with Gasteiger partial charge in [0.1, 0.15) is 0 Å². The number of nitrogens with two attached hydrogens (primary N) is 1. The molecule has 4 nitrogen and oxygen atoms in total. The topological polar surface area (TPSA) is 60.2 Å². The first kappa shape index (κ1) is 12.1. The number of nitrogens with zero attached hydrogens (tertiary/aromatic N) is 1. The van der Waals surface area contributed by atoms with Gasteiger partial charge in [0.2, 0.25) is 0 Å². The molecule has 84 valence electrons. The predicted molar refractivity (Wildman–Crippen MR) is 60.2 cm³/mol. The Hall–Kier alpha value is -0.970. The highest BCUT2D eigenvalue weighted by Crippen LogP contribution is 2.01. The molecule has 4 heteroatoms. The highest BCUT2D eigenvalue weighted by molar-refractivity contribution is 5.03. The summed E-state index contributed by atoms with van der Waals surface area (Å²) in [6.07, 6.45) is 3.67. The normalized spacial score (nSPS) is 12.7. The number of hydrogen-bond acceptors (Lipinski definition) is 4. The van der Waals surface area contributed by atoms with Crippen LogP contribution >= 0.6 is 0 Å². The van der Waals surface area contributed by atoms with Gasteiger partial charge in [-0.25, -0.2) is 0 Å². The van der Waals surface area contributed by atoms with Crippen molar-refractivity contribution >= 4 is 0 Å². The maximum atomic E-state index is 5.43. The maximum absolute atomic E-state index is 5.43. The van der Waals surface area contributed by atoms with Crippen molar-refractivity contribution in [1.29, 1.82) is 0 Å². The third kappa shape index (κ3) is 4.88. The van der Waals surface area contributed by atoms with E-state index in [1.54, 1.807) is 0 Å². The summed E-state index contributed by atoms with van der Waals surface area (Å²) in [6, 6.07) is 6.14. The van der Waals surface area contributed by atoms with Crippen LogP contribution in [0.15, 0.2) is 24.4 Å². The Morgan fingerprint density at radius 3 is 3.00 bits per heavy atom. The van der Waals surface area contributed by atoms with Crippen LogP contribution < -0.4 is 11.3 Å². The average Bonchev–Trinajstić information content (AvgIpc) is 2.31. The lowest BCUT2D eigenvalue weighted by atomic mass is 10.1. The molecule has 1 aromatic heterocycles. The molecular formula is C11H19N3O. The molecule has 1 aromatic rings. The summed E-state index contributed by atoms with van der Waals surface area (Å²) in [5.74, 6) is 5.43. The lowest BCUT2D eigenvalue weighted by Gasteiger charge is -2.14. The standard InChI is InChI=1S/C11H19N3O/c1-2-15-9-11(14-12)7-6-10-5-3-4-8-13-10/h3-5,8,11,14H,2,6-7,9,12H2,1H3. The molecule has 0 amide bonds. The summed E-state index contributed by atoms with van der Waals surface area (Å²) in [6.45, 7) is 3.36. The summed E-state index contributed by atoms with van der Waals surface area (Å²) < 4.78 is 5.31. The number of nitrogens with one attached hydrogen (secondary N) is 1. The molecule has 3 N–H and O–H groups in total. The van der Waals surface area contributed by atoms with Gasteiger partial charge < -0.3 is 4.74 Å². The molecule has 0 saturated carbocycles. The van der Waals surface area contributed by atoms with Gasteiger partial charge in [-0.1, -0.05) is 6.07 Å². The van der Waals surface area contributed by atoms with Crippen LogP contribution in [0.25, 0.3) is 0 Å². The van der Waals surface area contributed by atoms with Crippen molar-refractivity contribution in [2.45, 2.75) is 25.8 Å². The van der Waals surface area contributed by atoms with E-state index in [0.29, 0.717) is 6.61 Å². The number of aryl methyl sites for hydroxylation is 1. The van der Waals surface area contributed by atoms with E-state index in [2.05, 4.69) is 10.4 Å². The Balaban J connectivity index is 2.28. The van der Waals surface area contributed by atoms with Gasteiger partial charge in [0, 0.05) is 24.5 Å². The molecule has 1 unspecified atom stereocenters. The number of hydrogen-bond donors (Lipinski definition) is 2. The number of ether oxygens (including phenoxy) is 1. The molecule has 1 heterocycles. The van der Waals surface area contributed by atoms with Crippen molar-refractivity contribution < 1.29 is 4.74 Å². The monoisotopic (exact) mass is 209 g/mol. The molecule has 1 rings (SSSR count). The van der Waals surface area contributed by atoms with Gasteiger partial charge in [-0.2, -0.15) is 0 Å². The van der Waals surface area contributed by atoms with Gasteiger partial charge in [0.25, 0.3) is 0 Å². The Bertz CT molecular complexity index is 253. The van der Waals surface area contributed by atoms with Gasteiger partial charge in [0.15, 0.2) is 0 Å². The maximum Gasteiger partial charge on any atom is 0.0633 e. The lowest BCUT2D eigenvalue weighted by Crippen LogP contribution is -2.39. The van der Waals surface area contributed by atoms with Crippen LogP contribution in [-0.2, 0) is 11.2 Å². The largest absolute Gasteiger partial charge is 0.380 e. The zero-order valence-electron chi connectivity index (χ0n) is 9.15. The molecule has 0 aromatic carbocycles. The average molecular weight is 209 g/mol.